The maximum absolute atomic E-state index is 12.8. The number of ether oxygens (including phenoxy) is 1. The Balaban J connectivity index is 1.85. The van der Waals surface area contributed by atoms with E-state index in [2.05, 4.69) is 17.1 Å². The van der Waals surface area contributed by atoms with Gasteiger partial charge in [-0.3, -0.25) is 4.79 Å². The van der Waals surface area contributed by atoms with E-state index in [4.69, 9.17) is 4.74 Å². The van der Waals surface area contributed by atoms with Gasteiger partial charge in [0.2, 0.25) is 5.91 Å². The third-order valence-electron chi connectivity index (χ3n) is 5.98. The number of hydrogen-bond acceptors (Lipinski definition) is 4. The van der Waals surface area contributed by atoms with Gasteiger partial charge >= 0.3 is 6.03 Å². The summed E-state index contributed by atoms with van der Waals surface area (Å²) >= 11 is 0. The van der Waals surface area contributed by atoms with Gasteiger partial charge in [-0.05, 0) is 66.5 Å². The highest BCUT2D eigenvalue weighted by molar-refractivity contribution is 5.76. The number of piperidine rings is 1. The van der Waals surface area contributed by atoms with Crippen LogP contribution in [0.5, 0.6) is 0 Å². The molecule has 7 heteroatoms. The molecular formula is C21H40N4O3. The Bertz CT molecular complexity index is 516. The first-order chi connectivity index (χ1) is 13.2. The fourth-order valence-corrected chi connectivity index (χ4v) is 4.26. The molecule has 1 unspecified atom stereocenters. The van der Waals surface area contributed by atoms with E-state index < -0.39 is 0 Å². The van der Waals surface area contributed by atoms with Crippen molar-refractivity contribution in [1.82, 2.24) is 20.0 Å². The van der Waals surface area contributed by atoms with E-state index >= 15 is 0 Å². The van der Waals surface area contributed by atoms with Crippen molar-refractivity contribution in [1.29, 1.82) is 0 Å². The fourth-order valence-electron chi connectivity index (χ4n) is 4.26. The molecule has 2 saturated heterocycles. The molecular weight excluding hydrogens is 356 g/mol. The van der Waals surface area contributed by atoms with E-state index in [1.54, 1.807) is 0 Å². The van der Waals surface area contributed by atoms with Gasteiger partial charge in [-0.2, -0.15) is 0 Å². The van der Waals surface area contributed by atoms with E-state index in [-0.39, 0.29) is 23.6 Å². The van der Waals surface area contributed by atoms with Gasteiger partial charge in [-0.25, -0.2) is 4.79 Å². The van der Waals surface area contributed by atoms with Crippen LogP contribution in [-0.2, 0) is 9.53 Å². The Morgan fingerprint density at radius 2 is 1.89 bits per heavy atom. The van der Waals surface area contributed by atoms with Gasteiger partial charge in [0, 0.05) is 51.8 Å². The zero-order valence-corrected chi connectivity index (χ0v) is 18.5. The first-order valence-corrected chi connectivity index (χ1v) is 10.9. The van der Waals surface area contributed by atoms with Crippen molar-refractivity contribution in [3.63, 3.8) is 0 Å². The molecule has 1 N–H and O–H groups in total. The summed E-state index contributed by atoms with van der Waals surface area (Å²) in [5.41, 5.74) is -0.154. The van der Waals surface area contributed by atoms with Crippen molar-refractivity contribution >= 4 is 11.9 Å². The molecule has 1 spiro atoms. The molecule has 162 valence electrons. The Hall–Kier alpha value is -1.34. The topological polar surface area (TPSA) is 65.1 Å². The molecule has 0 aromatic heterocycles. The number of nitrogens with one attached hydrogen (secondary N) is 1. The molecule has 2 aliphatic rings. The van der Waals surface area contributed by atoms with Gasteiger partial charge in [0.05, 0.1) is 5.60 Å². The van der Waals surface area contributed by atoms with Crippen LogP contribution < -0.4 is 5.32 Å². The van der Waals surface area contributed by atoms with Crippen LogP contribution in [0.2, 0.25) is 0 Å². The smallest absolute Gasteiger partial charge is 0.317 e. The maximum atomic E-state index is 12.8. The lowest BCUT2D eigenvalue weighted by Crippen LogP contribution is -2.53. The van der Waals surface area contributed by atoms with E-state index in [1.807, 2.05) is 37.7 Å². The molecule has 2 rings (SSSR count). The summed E-state index contributed by atoms with van der Waals surface area (Å²) in [5, 5.41) is 2.97. The molecule has 0 aromatic carbocycles. The molecule has 0 bridgehead atoms. The zero-order chi connectivity index (χ0) is 20.7. The van der Waals surface area contributed by atoms with Gasteiger partial charge in [0.25, 0.3) is 0 Å². The molecule has 0 aromatic rings. The molecule has 28 heavy (non-hydrogen) atoms. The number of carbonyl (C=O) groups excluding carboxylic acids is 2. The van der Waals surface area contributed by atoms with Crippen molar-refractivity contribution < 1.29 is 14.3 Å². The molecule has 3 amide bonds. The highest BCUT2D eigenvalue weighted by atomic mass is 16.5. The van der Waals surface area contributed by atoms with Gasteiger partial charge < -0.3 is 24.8 Å². The van der Waals surface area contributed by atoms with E-state index in [0.717, 1.165) is 65.0 Å². The third-order valence-corrected chi connectivity index (χ3v) is 5.98. The van der Waals surface area contributed by atoms with Crippen LogP contribution in [0.15, 0.2) is 0 Å². The lowest BCUT2D eigenvalue weighted by Gasteiger charge is -2.46. The Morgan fingerprint density at radius 3 is 2.46 bits per heavy atom. The van der Waals surface area contributed by atoms with Crippen LogP contribution in [-0.4, -0.2) is 91.7 Å². The van der Waals surface area contributed by atoms with Gasteiger partial charge in [-0.15, -0.1) is 0 Å². The fraction of sp³-hybridized carbons (Fsp3) is 0.905. The highest BCUT2D eigenvalue weighted by Gasteiger charge is 2.41. The van der Waals surface area contributed by atoms with Crippen LogP contribution in [0.3, 0.4) is 0 Å². The zero-order valence-electron chi connectivity index (χ0n) is 18.5. The van der Waals surface area contributed by atoms with Crippen molar-refractivity contribution in [2.45, 2.75) is 64.5 Å². The summed E-state index contributed by atoms with van der Waals surface area (Å²) in [6, 6.07) is 0.172. The minimum atomic E-state index is -0.154. The number of hydrogen-bond donors (Lipinski definition) is 1. The van der Waals surface area contributed by atoms with E-state index in [0.29, 0.717) is 12.3 Å². The first-order valence-electron chi connectivity index (χ1n) is 10.9. The molecule has 2 aliphatic heterocycles. The summed E-state index contributed by atoms with van der Waals surface area (Å²) in [6.07, 6.45) is 4.23. The average molecular weight is 397 g/mol. The SMILES string of the molecule is CCN(CCN(C)C)C(=O)CC1CCOC2(CCN(C(=O)NC(C)C)CC2)C1. The van der Waals surface area contributed by atoms with Crippen LogP contribution in [0.25, 0.3) is 0 Å². The van der Waals surface area contributed by atoms with Crippen molar-refractivity contribution in [3.8, 4) is 0 Å². The number of rotatable bonds is 7. The Labute approximate surface area is 170 Å². The predicted octanol–water partition coefficient (Wildman–Crippen LogP) is 2.17. The Kier molecular flexibility index (Phi) is 8.56. The van der Waals surface area contributed by atoms with Crippen molar-refractivity contribution in [2.24, 2.45) is 5.92 Å². The molecule has 0 radical (unpaired) electrons. The average Bonchev–Trinajstić information content (AvgIpc) is 2.62. The number of urea groups is 1. The lowest BCUT2D eigenvalue weighted by molar-refractivity contribution is -0.140. The second-order valence-corrected chi connectivity index (χ2v) is 8.96. The van der Waals surface area contributed by atoms with Gasteiger partial charge in [0.15, 0.2) is 0 Å². The summed E-state index contributed by atoms with van der Waals surface area (Å²) < 4.78 is 6.20. The van der Waals surface area contributed by atoms with Gasteiger partial charge in [-0.1, -0.05) is 0 Å². The second kappa shape index (κ2) is 10.4. The number of carbonyl (C=O) groups is 2. The number of nitrogens with zero attached hydrogens (tertiary/aromatic N) is 3. The summed E-state index contributed by atoms with van der Waals surface area (Å²) in [5.74, 6) is 0.644. The summed E-state index contributed by atoms with van der Waals surface area (Å²) in [4.78, 5) is 31.0. The van der Waals surface area contributed by atoms with Crippen LogP contribution in [0.4, 0.5) is 4.79 Å². The minimum Gasteiger partial charge on any atom is -0.375 e. The second-order valence-electron chi connectivity index (χ2n) is 8.96. The summed E-state index contributed by atoms with van der Waals surface area (Å²) in [7, 11) is 4.07. The molecule has 0 saturated carbocycles. The number of likely N-dealkylation sites (tertiary alicyclic amines) is 1. The van der Waals surface area contributed by atoms with Crippen LogP contribution >= 0.6 is 0 Å². The monoisotopic (exact) mass is 396 g/mol. The first kappa shape index (κ1) is 22.9. The normalized spacial score (nSPS) is 22.0. The molecule has 7 nitrogen and oxygen atoms in total. The largest absolute Gasteiger partial charge is 0.375 e. The van der Waals surface area contributed by atoms with Crippen LogP contribution in [0, 0.1) is 5.92 Å². The minimum absolute atomic E-state index is 0.0202. The standard InChI is InChI=1S/C21H40N4O3/c1-6-24(13-12-23(4)5)19(26)15-18-7-14-28-21(16-18)8-10-25(11-9-21)20(27)22-17(2)3/h17-18H,6-16H2,1-5H3,(H,22,27). The van der Waals surface area contributed by atoms with E-state index in [1.165, 1.54) is 0 Å². The van der Waals surface area contributed by atoms with Crippen molar-refractivity contribution in [3.05, 3.63) is 0 Å². The van der Waals surface area contributed by atoms with Crippen LogP contribution in [0.1, 0.15) is 52.9 Å². The number of amides is 3. The van der Waals surface area contributed by atoms with Crippen molar-refractivity contribution in [2.75, 3.05) is 53.4 Å². The molecule has 2 heterocycles. The van der Waals surface area contributed by atoms with E-state index in [9.17, 15) is 9.59 Å². The quantitative estimate of drug-likeness (QED) is 0.716. The number of likely N-dealkylation sites (N-methyl/N-ethyl adjacent to an activating group) is 2. The molecule has 1 atom stereocenters. The van der Waals surface area contributed by atoms with Gasteiger partial charge in [0.1, 0.15) is 0 Å². The molecule has 2 fully saturated rings. The lowest BCUT2D eigenvalue weighted by atomic mass is 9.78. The molecule has 0 aliphatic carbocycles. The highest BCUT2D eigenvalue weighted by Crippen LogP contribution is 2.39. The summed E-state index contributed by atoms with van der Waals surface area (Å²) in [6.45, 7) is 10.6. The Morgan fingerprint density at radius 1 is 1.21 bits per heavy atom. The third kappa shape index (κ3) is 6.62. The maximum Gasteiger partial charge on any atom is 0.317 e. The predicted molar refractivity (Wildman–Crippen MR) is 111 cm³/mol.